The number of imidazole rings is 1. The van der Waals surface area contributed by atoms with Crippen molar-refractivity contribution < 1.29 is 4.42 Å². The highest BCUT2D eigenvalue weighted by Crippen LogP contribution is 2.15. The van der Waals surface area contributed by atoms with Crippen LogP contribution in [0, 0.1) is 13.8 Å². The van der Waals surface area contributed by atoms with Crippen LogP contribution in [0.4, 0.5) is 0 Å². The average Bonchev–Trinajstić information content (AvgIpc) is 2.88. The van der Waals surface area contributed by atoms with Crippen molar-refractivity contribution >= 4 is 0 Å². The molecule has 0 amide bonds. The molecule has 0 spiro atoms. The fraction of sp³-hybridized carbons (Fsp3) is 0.462. The van der Waals surface area contributed by atoms with Gasteiger partial charge in [0.2, 0.25) is 0 Å². The molecule has 2 aromatic heterocycles. The van der Waals surface area contributed by atoms with Crippen LogP contribution in [0.2, 0.25) is 0 Å². The Morgan fingerprint density at radius 1 is 1.41 bits per heavy atom. The van der Waals surface area contributed by atoms with Crippen molar-refractivity contribution in [1.29, 1.82) is 0 Å². The predicted octanol–water partition coefficient (Wildman–Crippen LogP) is 2.44. The first kappa shape index (κ1) is 11.9. The second-order valence-electron chi connectivity index (χ2n) is 4.29. The van der Waals surface area contributed by atoms with Crippen LogP contribution in [0.5, 0.6) is 0 Å². The SMILES string of the molecule is Cc1ccc(C(C)NCCn2ccnc2C)o1. The summed E-state index contributed by atoms with van der Waals surface area (Å²) in [4.78, 5) is 4.19. The topological polar surface area (TPSA) is 43.0 Å². The number of nitrogens with one attached hydrogen (secondary N) is 1. The van der Waals surface area contributed by atoms with Crippen LogP contribution < -0.4 is 5.32 Å². The first-order valence-corrected chi connectivity index (χ1v) is 5.94. The maximum Gasteiger partial charge on any atom is 0.120 e. The zero-order chi connectivity index (χ0) is 12.3. The third-order valence-electron chi connectivity index (χ3n) is 2.91. The molecule has 1 unspecified atom stereocenters. The Hall–Kier alpha value is -1.55. The number of hydrogen-bond acceptors (Lipinski definition) is 3. The molecule has 0 radical (unpaired) electrons. The molecule has 2 aromatic rings. The van der Waals surface area contributed by atoms with Crippen molar-refractivity contribution in [1.82, 2.24) is 14.9 Å². The molecular weight excluding hydrogens is 214 g/mol. The number of aromatic nitrogens is 2. The minimum Gasteiger partial charge on any atom is -0.465 e. The van der Waals surface area contributed by atoms with E-state index >= 15 is 0 Å². The van der Waals surface area contributed by atoms with Gasteiger partial charge in [0, 0.05) is 25.5 Å². The summed E-state index contributed by atoms with van der Waals surface area (Å²) >= 11 is 0. The minimum absolute atomic E-state index is 0.243. The summed E-state index contributed by atoms with van der Waals surface area (Å²) in [6.07, 6.45) is 3.83. The third-order valence-corrected chi connectivity index (χ3v) is 2.91. The molecular formula is C13H19N3O. The molecule has 0 saturated carbocycles. The van der Waals surface area contributed by atoms with E-state index in [1.165, 1.54) is 0 Å². The first-order valence-electron chi connectivity index (χ1n) is 5.94. The zero-order valence-electron chi connectivity index (χ0n) is 10.6. The Bertz CT molecular complexity index is 472. The first-order chi connectivity index (χ1) is 8.16. The Balaban J connectivity index is 1.81. The molecule has 1 atom stereocenters. The molecule has 2 heterocycles. The van der Waals surface area contributed by atoms with Gasteiger partial charge in [0.05, 0.1) is 6.04 Å². The fourth-order valence-electron chi connectivity index (χ4n) is 1.83. The van der Waals surface area contributed by atoms with Crippen molar-refractivity contribution in [3.05, 3.63) is 41.9 Å². The van der Waals surface area contributed by atoms with Crippen LogP contribution in [0.15, 0.2) is 28.9 Å². The maximum atomic E-state index is 5.58. The van der Waals surface area contributed by atoms with E-state index < -0.39 is 0 Å². The van der Waals surface area contributed by atoms with Crippen LogP contribution in [-0.4, -0.2) is 16.1 Å². The summed E-state index contributed by atoms with van der Waals surface area (Å²) in [5.41, 5.74) is 0. The van der Waals surface area contributed by atoms with Gasteiger partial charge in [-0.25, -0.2) is 4.98 Å². The fourth-order valence-corrected chi connectivity index (χ4v) is 1.83. The van der Waals surface area contributed by atoms with Crippen molar-refractivity contribution in [3.8, 4) is 0 Å². The van der Waals surface area contributed by atoms with Crippen molar-refractivity contribution in [2.75, 3.05) is 6.54 Å². The molecule has 2 rings (SSSR count). The van der Waals surface area contributed by atoms with Crippen molar-refractivity contribution in [2.24, 2.45) is 0 Å². The predicted molar refractivity (Wildman–Crippen MR) is 66.8 cm³/mol. The van der Waals surface area contributed by atoms with Crippen molar-refractivity contribution in [2.45, 2.75) is 33.4 Å². The van der Waals surface area contributed by atoms with E-state index in [2.05, 4.69) is 21.8 Å². The van der Waals surface area contributed by atoms with Crippen LogP contribution >= 0.6 is 0 Å². The van der Waals surface area contributed by atoms with Crippen LogP contribution in [0.3, 0.4) is 0 Å². The van der Waals surface area contributed by atoms with Crippen LogP contribution in [0.25, 0.3) is 0 Å². The molecule has 4 heteroatoms. The summed E-state index contributed by atoms with van der Waals surface area (Å²) in [7, 11) is 0. The summed E-state index contributed by atoms with van der Waals surface area (Å²) in [5, 5.41) is 3.44. The number of furan rings is 1. The summed E-state index contributed by atoms with van der Waals surface area (Å²) in [5.74, 6) is 3.00. The molecule has 17 heavy (non-hydrogen) atoms. The van der Waals surface area contributed by atoms with E-state index in [4.69, 9.17) is 4.42 Å². The second kappa shape index (κ2) is 5.19. The average molecular weight is 233 g/mol. The van der Waals surface area contributed by atoms with Gasteiger partial charge in [-0.2, -0.15) is 0 Å². The molecule has 4 nitrogen and oxygen atoms in total. The number of rotatable bonds is 5. The second-order valence-corrected chi connectivity index (χ2v) is 4.29. The molecule has 0 aliphatic rings. The van der Waals surface area contributed by atoms with Crippen LogP contribution in [0.1, 0.15) is 30.3 Å². The van der Waals surface area contributed by atoms with Gasteiger partial charge in [-0.15, -0.1) is 0 Å². The Morgan fingerprint density at radius 3 is 2.82 bits per heavy atom. The quantitative estimate of drug-likeness (QED) is 0.862. The van der Waals surface area contributed by atoms with E-state index in [0.29, 0.717) is 0 Å². The molecule has 0 aliphatic carbocycles. The molecule has 92 valence electrons. The largest absolute Gasteiger partial charge is 0.465 e. The standard InChI is InChI=1S/C13H19N3O/c1-10-4-5-13(17-10)11(2)14-6-8-16-9-7-15-12(16)3/h4-5,7,9,11,14H,6,8H2,1-3H3. The summed E-state index contributed by atoms with van der Waals surface area (Å²) in [6.45, 7) is 7.91. The summed E-state index contributed by atoms with van der Waals surface area (Å²) in [6, 6.07) is 4.26. The van der Waals surface area contributed by atoms with E-state index in [1.54, 1.807) is 0 Å². The third kappa shape index (κ3) is 2.97. The highest BCUT2D eigenvalue weighted by atomic mass is 16.3. The number of nitrogens with zero attached hydrogens (tertiary/aromatic N) is 2. The maximum absolute atomic E-state index is 5.58. The molecule has 0 aromatic carbocycles. The minimum atomic E-state index is 0.243. The van der Waals surface area contributed by atoms with Crippen molar-refractivity contribution in [3.63, 3.8) is 0 Å². The van der Waals surface area contributed by atoms with Gasteiger partial charge >= 0.3 is 0 Å². The summed E-state index contributed by atoms with van der Waals surface area (Å²) < 4.78 is 7.71. The molecule has 1 N–H and O–H groups in total. The number of aryl methyl sites for hydroxylation is 2. The molecule has 0 aliphatic heterocycles. The van der Waals surface area contributed by atoms with E-state index in [-0.39, 0.29) is 6.04 Å². The Labute approximate surface area is 102 Å². The molecule has 0 fully saturated rings. The number of hydrogen-bond donors (Lipinski definition) is 1. The van der Waals surface area contributed by atoms with E-state index in [1.807, 2.05) is 38.4 Å². The smallest absolute Gasteiger partial charge is 0.120 e. The molecule has 0 saturated heterocycles. The highest BCUT2D eigenvalue weighted by Gasteiger charge is 2.08. The van der Waals surface area contributed by atoms with Gasteiger partial charge in [-0.3, -0.25) is 0 Å². The van der Waals surface area contributed by atoms with Gasteiger partial charge in [0.25, 0.3) is 0 Å². The normalized spacial score (nSPS) is 12.9. The van der Waals surface area contributed by atoms with E-state index in [9.17, 15) is 0 Å². The van der Waals surface area contributed by atoms with Gasteiger partial charge < -0.3 is 14.3 Å². The van der Waals surface area contributed by atoms with Crippen LogP contribution in [-0.2, 0) is 6.54 Å². The Morgan fingerprint density at radius 2 is 2.24 bits per heavy atom. The zero-order valence-corrected chi connectivity index (χ0v) is 10.6. The van der Waals surface area contributed by atoms with E-state index in [0.717, 1.165) is 30.4 Å². The lowest BCUT2D eigenvalue weighted by atomic mass is 10.2. The molecule has 0 bridgehead atoms. The lowest BCUT2D eigenvalue weighted by Crippen LogP contribution is -2.23. The highest BCUT2D eigenvalue weighted by molar-refractivity contribution is 5.08. The van der Waals surface area contributed by atoms with Gasteiger partial charge in [0.1, 0.15) is 17.3 Å². The van der Waals surface area contributed by atoms with Gasteiger partial charge in [0.15, 0.2) is 0 Å². The van der Waals surface area contributed by atoms with Gasteiger partial charge in [-0.1, -0.05) is 0 Å². The lowest BCUT2D eigenvalue weighted by Gasteiger charge is -2.12. The van der Waals surface area contributed by atoms with Gasteiger partial charge in [-0.05, 0) is 32.9 Å². The Kier molecular flexibility index (Phi) is 3.64. The lowest BCUT2D eigenvalue weighted by molar-refractivity contribution is 0.410. The monoisotopic (exact) mass is 233 g/mol.